The first-order valence-corrected chi connectivity index (χ1v) is 9.70. The standard InChI is InChI=1S/C20H28FN3O3/c1-3-24(20(26)14(2)13-25)11-10-23-8-6-15(7-9-23)19-17-5-4-16(21)12-18(17)27-22-19/h4-5,12,14-15,25H,3,6-11,13H2,1-2H3. The predicted octanol–water partition coefficient (Wildman–Crippen LogP) is 2.62. The van der Waals surface area contributed by atoms with Gasteiger partial charge in [-0.1, -0.05) is 12.1 Å². The molecule has 2 heterocycles. The average Bonchev–Trinajstić information content (AvgIpc) is 3.11. The number of aliphatic hydroxyl groups is 1. The Bertz CT molecular complexity index is 771. The average molecular weight is 377 g/mol. The van der Waals surface area contributed by atoms with Crippen molar-refractivity contribution in [2.24, 2.45) is 5.92 Å². The second-order valence-corrected chi connectivity index (χ2v) is 7.33. The zero-order chi connectivity index (χ0) is 19.4. The maximum absolute atomic E-state index is 13.3. The highest BCUT2D eigenvalue weighted by Gasteiger charge is 2.26. The fourth-order valence-corrected chi connectivity index (χ4v) is 3.73. The summed E-state index contributed by atoms with van der Waals surface area (Å²) in [6, 6.07) is 4.57. The first-order chi connectivity index (χ1) is 13.0. The largest absolute Gasteiger partial charge is 0.396 e. The SMILES string of the molecule is CCN(CCN1CCC(c2noc3cc(F)ccc23)CC1)C(=O)C(C)CO. The van der Waals surface area contributed by atoms with Crippen molar-refractivity contribution < 1.29 is 18.8 Å². The van der Waals surface area contributed by atoms with Crippen molar-refractivity contribution in [3.05, 3.63) is 29.7 Å². The lowest BCUT2D eigenvalue weighted by molar-refractivity contribution is -0.136. The summed E-state index contributed by atoms with van der Waals surface area (Å²) < 4.78 is 18.6. The van der Waals surface area contributed by atoms with E-state index in [4.69, 9.17) is 4.52 Å². The molecular formula is C20H28FN3O3. The summed E-state index contributed by atoms with van der Waals surface area (Å²) in [7, 11) is 0. The summed E-state index contributed by atoms with van der Waals surface area (Å²) in [5.41, 5.74) is 1.43. The Hall–Kier alpha value is -1.99. The molecule has 1 saturated heterocycles. The van der Waals surface area contributed by atoms with E-state index in [9.17, 15) is 14.3 Å². The van der Waals surface area contributed by atoms with E-state index in [0.29, 0.717) is 24.6 Å². The van der Waals surface area contributed by atoms with Crippen molar-refractivity contribution in [2.75, 3.05) is 39.3 Å². The van der Waals surface area contributed by atoms with E-state index in [1.807, 2.05) is 11.8 Å². The summed E-state index contributed by atoms with van der Waals surface area (Å²) in [5.74, 6) is -0.339. The van der Waals surface area contributed by atoms with Crippen LogP contribution >= 0.6 is 0 Å². The number of amides is 1. The second kappa shape index (κ2) is 8.80. The topological polar surface area (TPSA) is 69.8 Å². The predicted molar refractivity (Wildman–Crippen MR) is 101 cm³/mol. The molecule has 1 aliphatic rings. The van der Waals surface area contributed by atoms with Crippen LogP contribution in [0.4, 0.5) is 4.39 Å². The van der Waals surface area contributed by atoms with E-state index < -0.39 is 0 Å². The lowest BCUT2D eigenvalue weighted by Crippen LogP contribution is -2.43. The number of carbonyl (C=O) groups excluding carboxylic acids is 1. The van der Waals surface area contributed by atoms with Crippen molar-refractivity contribution >= 4 is 16.9 Å². The molecule has 1 N–H and O–H groups in total. The molecule has 1 atom stereocenters. The first kappa shape index (κ1) is 19.8. The van der Waals surface area contributed by atoms with Crippen molar-refractivity contribution in [2.45, 2.75) is 32.6 Å². The molecule has 1 aromatic heterocycles. The number of likely N-dealkylation sites (tertiary alicyclic amines) is 1. The van der Waals surface area contributed by atoms with Crippen LogP contribution in [0.2, 0.25) is 0 Å². The smallest absolute Gasteiger partial charge is 0.227 e. The molecule has 1 aromatic carbocycles. The number of hydrogen-bond donors (Lipinski definition) is 1. The molecule has 3 rings (SSSR count). The fourth-order valence-electron chi connectivity index (χ4n) is 3.73. The maximum Gasteiger partial charge on any atom is 0.227 e. The highest BCUT2D eigenvalue weighted by molar-refractivity contribution is 5.80. The summed E-state index contributed by atoms with van der Waals surface area (Å²) in [5, 5.41) is 14.3. The molecule has 1 amide bonds. The van der Waals surface area contributed by atoms with Crippen LogP contribution in [-0.4, -0.2) is 65.3 Å². The molecule has 7 heteroatoms. The number of carbonyl (C=O) groups is 1. The third-order valence-corrected chi connectivity index (χ3v) is 5.51. The highest BCUT2D eigenvalue weighted by atomic mass is 19.1. The van der Waals surface area contributed by atoms with Crippen molar-refractivity contribution in [1.29, 1.82) is 0 Å². The molecule has 1 fully saturated rings. The second-order valence-electron chi connectivity index (χ2n) is 7.33. The first-order valence-electron chi connectivity index (χ1n) is 9.70. The van der Waals surface area contributed by atoms with E-state index >= 15 is 0 Å². The van der Waals surface area contributed by atoms with Crippen LogP contribution < -0.4 is 0 Å². The van der Waals surface area contributed by atoms with Gasteiger partial charge in [-0.25, -0.2) is 4.39 Å². The minimum absolute atomic E-state index is 0.0104. The Kier molecular flexibility index (Phi) is 6.44. The number of hydrogen-bond acceptors (Lipinski definition) is 5. The van der Waals surface area contributed by atoms with Gasteiger partial charge in [-0.3, -0.25) is 4.79 Å². The van der Waals surface area contributed by atoms with Gasteiger partial charge in [0.25, 0.3) is 0 Å². The lowest BCUT2D eigenvalue weighted by atomic mass is 9.91. The molecule has 0 spiro atoms. The summed E-state index contributed by atoms with van der Waals surface area (Å²) in [6.07, 6.45) is 1.93. The van der Waals surface area contributed by atoms with E-state index in [2.05, 4.69) is 10.1 Å². The van der Waals surface area contributed by atoms with Crippen molar-refractivity contribution in [1.82, 2.24) is 15.0 Å². The number of piperidine rings is 1. The molecule has 0 bridgehead atoms. The molecule has 1 unspecified atom stereocenters. The Morgan fingerprint density at radius 1 is 1.44 bits per heavy atom. The monoisotopic (exact) mass is 377 g/mol. The number of benzene rings is 1. The van der Waals surface area contributed by atoms with Gasteiger partial charge in [0.1, 0.15) is 5.82 Å². The normalized spacial score (nSPS) is 17.3. The maximum atomic E-state index is 13.3. The van der Waals surface area contributed by atoms with E-state index in [1.165, 1.54) is 12.1 Å². The van der Waals surface area contributed by atoms with E-state index in [0.717, 1.165) is 43.6 Å². The van der Waals surface area contributed by atoms with Gasteiger partial charge in [-0.15, -0.1) is 0 Å². The molecule has 148 valence electrons. The van der Waals surface area contributed by atoms with Crippen LogP contribution in [-0.2, 0) is 4.79 Å². The molecule has 1 aliphatic heterocycles. The van der Waals surface area contributed by atoms with Crippen LogP contribution in [0.5, 0.6) is 0 Å². The number of fused-ring (bicyclic) bond motifs is 1. The lowest BCUT2D eigenvalue weighted by Gasteiger charge is -2.33. The molecule has 0 aliphatic carbocycles. The summed E-state index contributed by atoms with van der Waals surface area (Å²) in [6.45, 7) is 7.63. The van der Waals surface area contributed by atoms with Gasteiger partial charge in [-0.05, 0) is 45.0 Å². The van der Waals surface area contributed by atoms with Crippen LogP contribution in [0, 0.1) is 11.7 Å². The molecule has 0 radical (unpaired) electrons. The van der Waals surface area contributed by atoms with Crippen LogP contribution in [0.3, 0.4) is 0 Å². The van der Waals surface area contributed by atoms with E-state index in [1.54, 1.807) is 13.0 Å². The van der Waals surface area contributed by atoms with Gasteiger partial charge in [0, 0.05) is 37.0 Å². The van der Waals surface area contributed by atoms with Crippen LogP contribution in [0.15, 0.2) is 22.7 Å². The Balaban J connectivity index is 1.53. The number of halogens is 1. The van der Waals surface area contributed by atoms with Crippen LogP contribution in [0.1, 0.15) is 38.3 Å². The Morgan fingerprint density at radius 2 is 2.19 bits per heavy atom. The molecule has 27 heavy (non-hydrogen) atoms. The van der Waals surface area contributed by atoms with Crippen LogP contribution in [0.25, 0.3) is 11.0 Å². The molecular weight excluding hydrogens is 349 g/mol. The van der Waals surface area contributed by atoms with Gasteiger partial charge in [0.05, 0.1) is 18.2 Å². The zero-order valence-corrected chi connectivity index (χ0v) is 16.0. The van der Waals surface area contributed by atoms with E-state index in [-0.39, 0.29) is 24.2 Å². The molecule has 0 saturated carbocycles. The van der Waals surface area contributed by atoms with Crippen molar-refractivity contribution in [3.63, 3.8) is 0 Å². The van der Waals surface area contributed by atoms with Gasteiger partial charge in [0.15, 0.2) is 5.58 Å². The Morgan fingerprint density at radius 3 is 2.85 bits per heavy atom. The number of rotatable bonds is 7. The fraction of sp³-hybridized carbons (Fsp3) is 0.600. The van der Waals surface area contributed by atoms with Gasteiger partial charge in [0.2, 0.25) is 5.91 Å². The zero-order valence-electron chi connectivity index (χ0n) is 16.0. The highest BCUT2D eigenvalue weighted by Crippen LogP contribution is 2.32. The van der Waals surface area contributed by atoms with Gasteiger partial charge < -0.3 is 19.4 Å². The van der Waals surface area contributed by atoms with Gasteiger partial charge >= 0.3 is 0 Å². The molecule has 6 nitrogen and oxygen atoms in total. The Labute approximate surface area is 158 Å². The number of likely N-dealkylation sites (N-methyl/N-ethyl adjacent to an activating group) is 1. The number of aliphatic hydroxyl groups excluding tert-OH is 1. The summed E-state index contributed by atoms with van der Waals surface area (Å²) in [4.78, 5) is 16.4. The van der Waals surface area contributed by atoms with Crippen molar-refractivity contribution in [3.8, 4) is 0 Å². The quantitative estimate of drug-likeness (QED) is 0.803. The summed E-state index contributed by atoms with van der Waals surface area (Å²) >= 11 is 0. The van der Waals surface area contributed by atoms with Gasteiger partial charge in [-0.2, -0.15) is 0 Å². The number of aromatic nitrogens is 1. The minimum Gasteiger partial charge on any atom is -0.396 e. The minimum atomic E-state index is -0.346. The number of nitrogens with zero attached hydrogens (tertiary/aromatic N) is 3. The third kappa shape index (κ3) is 4.47. The third-order valence-electron chi connectivity index (χ3n) is 5.51. The molecule has 2 aromatic rings.